The zero-order valence-corrected chi connectivity index (χ0v) is 10.9. The van der Waals surface area contributed by atoms with Gasteiger partial charge in [-0.05, 0) is 56.5 Å². The summed E-state index contributed by atoms with van der Waals surface area (Å²) in [5.74, 6) is 0. The van der Waals surface area contributed by atoms with E-state index in [2.05, 4.69) is 36.9 Å². The van der Waals surface area contributed by atoms with E-state index in [4.69, 9.17) is 0 Å². The molecule has 1 aliphatic rings. The fourth-order valence-electron chi connectivity index (χ4n) is 2.83. The third kappa shape index (κ3) is 3.08. The molecule has 1 heterocycles. The third-order valence-electron chi connectivity index (χ3n) is 3.76. The number of aryl methyl sites for hydroxylation is 2. The summed E-state index contributed by atoms with van der Waals surface area (Å²) < 4.78 is 0. The molecule has 1 fully saturated rings. The largest absolute Gasteiger partial charge is 0.387 e. The first-order valence-corrected chi connectivity index (χ1v) is 6.65. The van der Waals surface area contributed by atoms with Crippen molar-refractivity contribution in [1.29, 1.82) is 0 Å². The SMILES string of the molecule is Cc1cccc(C)c1C(O)CN1CCCCC1. The molecule has 2 nitrogen and oxygen atoms in total. The lowest BCUT2D eigenvalue weighted by Crippen LogP contribution is -2.33. The Morgan fingerprint density at radius 2 is 1.71 bits per heavy atom. The van der Waals surface area contributed by atoms with Crippen LogP contribution in [-0.2, 0) is 0 Å². The van der Waals surface area contributed by atoms with Crippen LogP contribution in [0.3, 0.4) is 0 Å². The van der Waals surface area contributed by atoms with Crippen LogP contribution in [0.1, 0.15) is 42.1 Å². The van der Waals surface area contributed by atoms with Crippen molar-refractivity contribution < 1.29 is 5.11 Å². The molecule has 0 aromatic heterocycles. The molecular formula is C15H23NO. The summed E-state index contributed by atoms with van der Waals surface area (Å²) in [6.07, 6.45) is 3.56. The van der Waals surface area contributed by atoms with E-state index >= 15 is 0 Å². The van der Waals surface area contributed by atoms with Crippen LogP contribution in [0.2, 0.25) is 0 Å². The second-order valence-electron chi connectivity index (χ2n) is 5.18. The summed E-state index contributed by atoms with van der Waals surface area (Å²) in [4.78, 5) is 2.39. The van der Waals surface area contributed by atoms with Gasteiger partial charge in [-0.2, -0.15) is 0 Å². The lowest BCUT2D eigenvalue weighted by atomic mass is 9.97. The first-order chi connectivity index (χ1) is 8.18. The standard InChI is InChI=1S/C15H23NO/c1-12-7-6-8-13(2)15(12)14(17)11-16-9-4-3-5-10-16/h6-8,14,17H,3-5,9-11H2,1-2H3. The van der Waals surface area contributed by atoms with Gasteiger partial charge in [-0.3, -0.25) is 0 Å². The van der Waals surface area contributed by atoms with E-state index in [0.717, 1.165) is 25.2 Å². The highest BCUT2D eigenvalue weighted by Gasteiger charge is 2.18. The Hall–Kier alpha value is -0.860. The van der Waals surface area contributed by atoms with Crippen molar-refractivity contribution in [3.05, 3.63) is 34.9 Å². The van der Waals surface area contributed by atoms with Crippen LogP contribution in [0.15, 0.2) is 18.2 Å². The van der Waals surface area contributed by atoms with Crippen LogP contribution < -0.4 is 0 Å². The number of likely N-dealkylation sites (tertiary alicyclic amines) is 1. The molecule has 1 unspecified atom stereocenters. The van der Waals surface area contributed by atoms with Crippen molar-refractivity contribution in [2.24, 2.45) is 0 Å². The Kier molecular flexibility index (Phi) is 4.19. The minimum Gasteiger partial charge on any atom is -0.387 e. The van der Waals surface area contributed by atoms with Crippen LogP contribution in [0.25, 0.3) is 0 Å². The highest BCUT2D eigenvalue weighted by atomic mass is 16.3. The average Bonchev–Trinajstić information content (AvgIpc) is 2.30. The van der Waals surface area contributed by atoms with Gasteiger partial charge in [0.25, 0.3) is 0 Å². The van der Waals surface area contributed by atoms with Crippen LogP contribution in [-0.4, -0.2) is 29.6 Å². The second-order valence-corrected chi connectivity index (χ2v) is 5.18. The number of β-amino-alcohol motifs (C(OH)–C–C–N with tert-alkyl or cyclic N) is 1. The molecule has 1 aromatic carbocycles. The Labute approximate surface area is 104 Å². The smallest absolute Gasteiger partial charge is 0.0922 e. The van der Waals surface area contributed by atoms with E-state index in [1.165, 1.54) is 30.4 Å². The molecule has 17 heavy (non-hydrogen) atoms. The van der Waals surface area contributed by atoms with Crippen LogP contribution in [0.5, 0.6) is 0 Å². The van der Waals surface area contributed by atoms with Crippen LogP contribution in [0, 0.1) is 13.8 Å². The summed E-state index contributed by atoms with van der Waals surface area (Å²) in [7, 11) is 0. The first-order valence-electron chi connectivity index (χ1n) is 6.65. The van der Waals surface area contributed by atoms with Crippen molar-refractivity contribution in [3.8, 4) is 0 Å². The van der Waals surface area contributed by atoms with Gasteiger partial charge in [0, 0.05) is 6.54 Å². The van der Waals surface area contributed by atoms with E-state index in [1.807, 2.05) is 0 Å². The molecular weight excluding hydrogens is 210 g/mol. The van der Waals surface area contributed by atoms with Gasteiger partial charge in [0.15, 0.2) is 0 Å². The van der Waals surface area contributed by atoms with Gasteiger partial charge >= 0.3 is 0 Å². The average molecular weight is 233 g/mol. The number of aliphatic hydroxyl groups is 1. The number of benzene rings is 1. The van der Waals surface area contributed by atoms with Gasteiger partial charge < -0.3 is 10.0 Å². The predicted octanol–water partition coefficient (Wildman–Crippen LogP) is 2.82. The summed E-state index contributed by atoms with van der Waals surface area (Å²) in [6.45, 7) is 7.24. The summed E-state index contributed by atoms with van der Waals surface area (Å²) in [5.41, 5.74) is 3.53. The Morgan fingerprint density at radius 3 is 2.29 bits per heavy atom. The molecule has 0 aliphatic carbocycles. The summed E-state index contributed by atoms with van der Waals surface area (Å²) in [6, 6.07) is 6.23. The van der Waals surface area contributed by atoms with Gasteiger partial charge in [-0.15, -0.1) is 0 Å². The topological polar surface area (TPSA) is 23.5 Å². The molecule has 94 valence electrons. The lowest BCUT2D eigenvalue weighted by Gasteiger charge is -2.29. The van der Waals surface area contributed by atoms with Crippen molar-refractivity contribution in [1.82, 2.24) is 4.90 Å². The Balaban J connectivity index is 2.05. The summed E-state index contributed by atoms with van der Waals surface area (Å²) in [5, 5.41) is 10.4. The maximum Gasteiger partial charge on any atom is 0.0922 e. The molecule has 0 amide bonds. The lowest BCUT2D eigenvalue weighted by molar-refractivity contribution is 0.101. The highest BCUT2D eigenvalue weighted by Crippen LogP contribution is 2.23. The van der Waals surface area contributed by atoms with E-state index in [1.54, 1.807) is 0 Å². The van der Waals surface area contributed by atoms with E-state index in [0.29, 0.717) is 0 Å². The molecule has 1 N–H and O–H groups in total. The molecule has 0 radical (unpaired) electrons. The summed E-state index contributed by atoms with van der Waals surface area (Å²) >= 11 is 0. The van der Waals surface area contributed by atoms with Crippen molar-refractivity contribution in [2.45, 2.75) is 39.2 Å². The quantitative estimate of drug-likeness (QED) is 0.867. The van der Waals surface area contributed by atoms with Crippen LogP contribution in [0.4, 0.5) is 0 Å². The number of aliphatic hydroxyl groups excluding tert-OH is 1. The monoisotopic (exact) mass is 233 g/mol. The molecule has 1 atom stereocenters. The van der Waals surface area contributed by atoms with Gasteiger partial charge in [0.2, 0.25) is 0 Å². The Bertz CT molecular complexity index is 349. The minimum atomic E-state index is -0.339. The maximum absolute atomic E-state index is 10.4. The number of nitrogens with zero attached hydrogens (tertiary/aromatic N) is 1. The molecule has 1 aliphatic heterocycles. The number of hydrogen-bond acceptors (Lipinski definition) is 2. The van der Waals surface area contributed by atoms with Crippen molar-refractivity contribution in [2.75, 3.05) is 19.6 Å². The van der Waals surface area contributed by atoms with E-state index in [9.17, 15) is 5.11 Å². The van der Waals surface area contributed by atoms with Crippen molar-refractivity contribution >= 4 is 0 Å². The molecule has 0 spiro atoms. The molecule has 0 saturated carbocycles. The zero-order chi connectivity index (χ0) is 12.3. The minimum absolute atomic E-state index is 0.339. The van der Waals surface area contributed by atoms with Gasteiger partial charge in [0.1, 0.15) is 0 Å². The molecule has 1 aromatic rings. The van der Waals surface area contributed by atoms with E-state index < -0.39 is 0 Å². The fourth-order valence-corrected chi connectivity index (χ4v) is 2.83. The normalized spacial score (nSPS) is 19.2. The fraction of sp³-hybridized carbons (Fsp3) is 0.600. The van der Waals surface area contributed by atoms with E-state index in [-0.39, 0.29) is 6.10 Å². The zero-order valence-electron chi connectivity index (χ0n) is 10.9. The molecule has 1 saturated heterocycles. The molecule has 2 heteroatoms. The second kappa shape index (κ2) is 5.65. The third-order valence-corrected chi connectivity index (χ3v) is 3.76. The Morgan fingerprint density at radius 1 is 1.12 bits per heavy atom. The van der Waals surface area contributed by atoms with Gasteiger partial charge in [-0.25, -0.2) is 0 Å². The van der Waals surface area contributed by atoms with Gasteiger partial charge in [-0.1, -0.05) is 24.6 Å². The molecule has 2 rings (SSSR count). The number of piperidine rings is 1. The first kappa shape index (κ1) is 12.6. The number of rotatable bonds is 3. The number of hydrogen-bond donors (Lipinski definition) is 1. The predicted molar refractivity (Wildman–Crippen MR) is 71.2 cm³/mol. The maximum atomic E-state index is 10.4. The van der Waals surface area contributed by atoms with Crippen molar-refractivity contribution in [3.63, 3.8) is 0 Å². The highest BCUT2D eigenvalue weighted by molar-refractivity contribution is 5.35. The molecule has 0 bridgehead atoms. The van der Waals surface area contributed by atoms with Gasteiger partial charge in [0.05, 0.1) is 6.10 Å². The van der Waals surface area contributed by atoms with Crippen LogP contribution >= 0.6 is 0 Å².